The van der Waals surface area contributed by atoms with Gasteiger partial charge < -0.3 is 4.90 Å². The molecule has 2 heterocycles. The molecule has 0 aromatic heterocycles. The molecule has 1 fully saturated rings. The summed E-state index contributed by atoms with van der Waals surface area (Å²) < 4.78 is 27.3. The number of nitrogens with one attached hydrogen (secondary N) is 1. The summed E-state index contributed by atoms with van der Waals surface area (Å²) in [5.74, 6) is -0.166. The number of hydrogen-bond donors (Lipinski definition) is 1. The van der Waals surface area contributed by atoms with Crippen LogP contribution in [0.4, 0.5) is 0 Å². The summed E-state index contributed by atoms with van der Waals surface area (Å²) in [7, 11) is -3.68. The maximum absolute atomic E-state index is 12.6. The van der Waals surface area contributed by atoms with Gasteiger partial charge in [0.15, 0.2) is 0 Å². The van der Waals surface area contributed by atoms with Crippen molar-refractivity contribution in [3.8, 4) is 0 Å². The highest BCUT2D eigenvalue weighted by Crippen LogP contribution is 2.24. The van der Waals surface area contributed by atoms with Gasteiger partial charge in [0.05, 0.1) is 11.4 Å². The van der Waals surface area contributed by atoms with Gasteiger partial charge in [0.2, 0.25) is 15.9 Å². The third-order valence-corrected chi connectivity index (χ3v) is 7.30. The maximum Gasteiger partial charge on any atom is 0.241 e. The van der Waals surface area contributed by atoms with Crippen LogP contribution in [0.2, 0.25) is 0 Å². The molecule has 154 valence electrons. The van der Waals surface area contributed by atoms with Crippen LogP contribution in [0.15, 0.2) is 53.4 Å². The van der Waals surface area contributed by atoms with Gasteiger partial charge in [-0.05, 0) is 48.6 Å². The molecule has 0 bridgehead atoms. The molecule has 2 aromatic carbocycles. The molecule has 7 heteroatoms. The number of benzene rings is 2. The zero-order chi connectivity index (χ0) is 20.4. The van der Waals surface area contributed by atoms with Gasteiger partial charge in [0.1, 0.15) is 0 Å². The van der Waals surface area contributed by atoms with Crippen molar-refractivity contribution in [2.24, 2.45) is 0 Å². The van der Waals surface area contributed by atoms with Crippen molar-refractivity contribution in [1.29, 1.82) is 0 Å². The number of amides is 1. The number of carbonyl (C=O) groups is 1. The van der Waals surface area contributed by atoms with E-state index in [-0.39, 0.29) is 17.3 Å². The molecule has 2 aromatic rings. The van der Waals surface area contributed by atoms with Crippen LogP contribution >= 0.6 is 0 Å². The predicted octanol–water partition coefficient (Wildman–Crippen LogP) is 1.93. The summed E-state index contributed by atoms with van der Waals surface area (Å²) >= 11 is 0. The van der Waals surface area contributed by atoms with Crippen LogP contribution in [0.5, 0.6) is 0 Å². The predicted molar refractivity (Wildman–Crippen MR) is 112 cm³/mol. The lowest BCUT2D eigenvalue weighted by Gasteiger charge is -2.33. The van der Waals surface area contributed by atoms with Crippen molar-refractivity contribution in [3.63, 3.8) is 0 Å². The average Bonchev–Trinajstić information content (AvgIpc) is 3.22. The minimum absolute atomic E-state index is 0.166. The number of nitrogens with zero attached hydrogens (tertiary/aromatic N) is 2. The first-order chi connectivity index (χ1) is 13.9. The van der Waals surface area contributed by atoms with Gasteiger partial charge >= 0.3 is 0 Å². The molecular formula is C22H27N3O3S. The van der Waals surface area contributed by atoms with E-state index in [1.807, 2.05) is 13.0 Å². The van der Waals surface area contributed by atoms with Gasteiger partial charge in [-0.25, -0.2) is 13.1 Å². The first-order valence-corrected chi connectivity index (χ1v) is 11.6. The van der Waals surface area contributed by atoms with Crippen LogP contribution in [0.25, 0.3) is 0 Å². The summed E-state index contributed by atoms with van der Waals surface area (Å²) in [5, 5.41) is 0. The van der Waals surface area contributed by atoms with Crippen molar-refractivity contribution < 1.29 is 13.2 Å². The molecular weight excluding hydrogens is 386 g/mol. The van der Waals surface area contributed by atoms with Gasteiger partial charge in [0.25, 0.3) is 0 Å². The molecule has 1 saturated heterocycles. The molecule has 0 radical (unpaired) electrons. The SMILES string of the molecule is Cc1cccc(S(=O)(=O)NCC(=O)N2CCC(N3CCc4ccccc4C3)C2)c1. The third-order valence-electron chi connectivity index (χ3n) is 5.91. The highest BCUT2D eigenvalue weighted by atomic mass is 32.2. The normalized spacial score (nSPS) is 19.9. The minimum Gasteiger partial charge on any atom is -0.340 e. The zero-order valence-corrected chi connectivity index (χ0v) is 17.5. The van der Waals surface area contributed by atoms with E-state index in [0.717, 1.165) is 31.5 Å². The monoisotopic (exact) mass is 413 g/mol. The summed E-state index contributed by atoms with van der Waals surface area (Å²) in [5.41, 5.74) is 3.65. The van der Waals surface area contributed by atoms with Crippen molar-refractivity contribution in [2.75, 3.05) is 26.2 Å². The summed E-state index contributed by atoms with van der Waals surface area (Å²) in [6.07, 6.45) is 1.97. The highest BCUT2D eigenvalue weighted by molar-refractivity contribution is 7.89. The fourth-order valence-corrected chi connectivity index (χ4v) is 5.31. The van der Waals surface area contributed by atoms with Crippen LogP contribution < -0.4 is 4.72 Å². The van der Waals surface area contributed by atoms with Gasteiger partial charge in [-0.1, -0.05) is 36.4 Å². The Morgan fingerprint density at radius 2 is 1.90 bits per heavy atom. The average molecular weight is 414 g/mol. The molecule has 0 spiro atoms. The molecule has 29 heavy (non-hydrogen) atoms. The Hall–Kier alpha value is -2.22. The molecule has 1 unspecified atom stereocenters. The van der Waals surface area contributed by atoms with E-state index in [0.29, 0.717) is 19.1 Å². The molecule has 0 saturated carbocycles. The molecule has 2 aliphatic rings. The lowest BCUT2D eigenvalue weighted by Crippen LogP contribution is -2.43. The second kappa shape index (κ2) is 8.26. The van der Waals surface area contributed by atoms with E-state index in [2.05, 4.69) is 33.9 Å². The molecule has 6 nitrogen and oxygen atoms in total. The van der Waals surface area contributed by atoms with Crippen molar-refractivity contribution in [3.05, 3.63) is 65.2 Å². The standard InChI is InChI=1S/C22H27N3O3S/c1-17-5-4-8-21(13-17)29(27,28)23-14-22(26)25-12-10-20(16-25)24-11-9-18-6-2-3-7-19(18)15-24/h2-8,13,20,23H,9-12,14-16H2,1H3. The zero-order valence-electron chi connectivity index (χ0n) is 16.7. The van der Waals surface area contributed by atoms with Crippen LogP contribution in [0.1, 0.15) is 23.1 Å². The second-order valence-electron chi connectivity index (χ2n) is 7.91. The van der Waals surface area contributed by atoms with Gasteiger partial charge in [0, 0.05) is 32.2 Å². The minimum atomic E-state index is -3.68. The fraction of sp³-hybridized carbons (Fsp3) is 0.409. The lowest BCUT2D eigenvalue weighted by atomic mass is 9.98. The molecule has 1 atom stereocenters. The number of carbonyl (C=O) groups excluding carboxylic acids is 1. The first kappa shape index (κ1) is 20.1. The Bertz CT molecular complexity index is 1010. The van der Waals surface area contributed by atoms with E-state index in [1.165, 1.54) is 11.1 Å². The third kappa shape index (κ3) is 4.52. The van der Waals surface area contributed by atoms with Gasteiger partial charge in [-0.3, -0.25) is 9.69 Å². The van der Waals surface area contributed by atoms with E-state index >= 15 is 0 Å². The summed E-state index contributed by atoms with van der Waals surface area (Å²) in [6, 6.07) is 15.6. The van der Waals surface area contributed by atoms with Gasteiger partial charge in [-0.15, -0.1) is 0 Å². The topological polar surface area (TPSA) is 69.7 Å². The quantitative estimate of drug-likeness (QED) is 0.813. The Morgan fingerprint density at radius 1 is 1.10 bits per heavy atom. The molecule has 0 aliphatic carbocycles. The second-order valence-corrected chi connectivity index (χ2v) is 9.68. The smallest absolute Gasteiger partial charge is 0.241 e. The fourth-order valence-electron chi connectivity index (χ4n) is 4.23. The Labute approximate surface area is 172 Å². The Kier molecular flexibility index (Phi) is 5.72. The molecule has 1 N–H and O–H groups in total. The van der Waals surface area contributed by atoms with Crippen LogP contribution in [0.3, 0.4) is 0 Å². The molecule has 2 aliphatic heterocycles. The van der Waals surface area contributed by atoms with E-state index in [4.69, 9.17) is 0 Å². The van der Waals surface area contributed by atoms with Crippen molar-refractivity contribution >= 4 is 15.9 Å². The van der Waals surface area contributed by atoms with Gasteiger partial charge in [-0.2, -0.15) is 0 Å². The number of rotatable bonds is 5. The maximum atomic E-state index is 12.6. The first-order valence-electron chi connectivity index (χ1n) is 10.1. The Balaban J connectivity index is 1.32. The Morgan fingerprint density at radius 3 is 2.69 bits per heavy atom. The highest BCUT2D eigenvalue weighted by Gasteiger charge is 2.32. The molecule has 4 rings (SSSR count). The van der Waals surface area contributed by atoms with Crippen molar-refractivity contribution in [1.82, 2.24) is 14.5 Å². The summed E-state index contributed by atoms with van der Waals surface area (Å²) in [4.78, 5) is 17.0. The van der Waals surface area contributed by atoms with E-state index in [9.17, 15) is 13.2 Å². The number of likely N-dealkylation sites (tertiary alicyclic amines) is 1. The van der Waals surface area contributed by atoms with E-state index in [1.54, 1.807) is 23.1 Å². The number of sulfonamides is 1. The van der Waals surface area contributed by atoms with Crippen molar-refractivity contribution in [2.45, 2.75) is 37.2 Å². The van der Waals surface area contributed by atoms with Crippen LogP contribution in [-0.2, 0) is 27.8 Å². The lowest BCUT2D eigenvalue weighted by molar-refractivity contribution is -0.129. The van der Waals surface area contributed by atoms with Crippen LogP contribution in [0, 0.1) is 6.92 Å². The van der Waals surface area contributed by atoms with Crippen LogP contribution in [-0.4, -0.2) is 56.3 Å². The molecule has 1 amide bonds. The number of fused-ring (bicyclic) bond motifs is 1. The number of hydrogen-bond acceptors (Lipinski definition) is 4. The largest absolute Gasteiger partial charge is 0.340 e. The van der Waals surface area contributed by atoms with E-state index < -0.39 is 10.0 Å². The summed E-state index contributed by atoms with van der Waals surface area (Å²) in [6.45, 7) is 4.90. The number of aryl methyl sites for hydroxylation is 1.